The Labute approximate surface area is 119 Å². The molecule has 0 aliphatic carbocycles. The van der Waals surface area contributed by atoms with Crippen molar-refractivity contribution in [2.24, 2.45) is 0 Å². The van der Waals surface area contributed by atoms with Gasteiger partial charge in [0.15, 0.2) is 0 Å². The van der Waals surface area contributed by atoms with Crippen LogP contribution in [0.2, 0.25) is 0 Å². The number of urea groups is 1. The van der Waals surface area contributed by atoms with Crippen LogP contribution in [0, 0.1) is 13.8 Å². The van der Waals surface area contributed by atoms with Crippen LogP contribution in [-0.2, 0) is 6.54 Å². The first-order chi connectivity index (χ1) is 9.56. The second-order valence-electron chi connectivity index (χ2n) is 4.14. The van der Waals surface area contributed by atoms with Gasteiger partial charge in [-0.15, -0.1) is 5.10 Å². The molecule has 0 spiro atoms. The summed E-state index contributed by atoms with van der Waals surface area (Å²) in [6.45, 7) is 4.29. The van der Waals surface area contributed by atoms with Gasteiger partial charge in [0.1, 0.15) is 5.00 Å². The van der Waals surface area contributed by atoms with Gasteiger partial charge < -0.3 is 5.32 Å². The molecule has 0 aliphatic heterocycles. The molecule has 2 aromatic rings. The highest BCUT2D eigenvalue weighted by atomic mass is 32.1. The lowest BCUT2D eigenvalue weighted by molar-refractivity contribution is 0.251. The van der Waals surface area contributed by atoms with Crippen molar-refractivity contribution in [2.75, 3.05) is 11.9 Å². The van der Waals surface area contributed by atoms with Crippen molar-refractivity contribution in [3.05, 3.63) is 34.1 Å². The average molecular weight is 294 g/mol. The van der Waals surface area contributed by atoms with E-state index in [4.69, 9.17) is 0 Å². The van der Waals surface area contributed by atoms with Crippen molar-refractivity contribution in [3.8, 4) is 0 Å². The van der Waals surface area contributed by atoms with E-state index >= 15 is 0 Å². The molecule has 0 fully saturated rings. The molecule has 0 unspecified atom stereocenters. The van der Waals surface area contributed by atoms with E-state index in [1.807, 2.05) is 13.0 Å². The van der Waals surface area contributed by atoms with E-state index in [1.165, 1.54) is 10.8 Å². The quantitative estimate of drug-likeness (QED) is 0.856. The van der Waals surface area contributed by atoms with Gasteiger partial charge >= 0.3 is 11.7 Å². The predicted octanol–water partition coefficient (Wildman–Crippen LogP) is 0.533. The number of nitrogens with zero attached hydrogens (tertiary/aromatic N) is 4. The van der Waals surface area contributed by atoms with Crippen LogP contribution in [0.3, 0.4) is 0 Å². The normalized spacial score (nSPS) is 10.3. The Morgan fingerprint density at radius 1 is 1.45 bits per heavy atom. The summed E-state index contributed by atoms with van der Waals surface area (Å²) in [6.07, 6.45) is 1.46. The third-order valence-corrected chi connectivity index (χ3v) is 3.15. The summed E-state index contributed by atoms with van der Waals surface area (Å²) in [5.41, 5.74) is 1.19. The van der Waals surface area contributed by atoms with Gasteiger partial charge in [-0.1, -0.05) is 4.49 Å². The van der Waals surface area contributed by atoms with E-state index in [0.29, 0.717) is 23.8 Å². The van der Waals surface area contributed by atoms with Crippen LogP contribution in [0.5, 0.6) is 0 Å². The lowest BCUT2D eigenvalue weighted by atomic mass is 10.3. The number of nitrogens with one attached hydrogen (secondary N) is 2. The zero-order valence-electron chi connectivity index (χ0n) is 11.1. The second-order valence-corrected chi connectivity index (χ2v) is 4.92. The van der Waals surface area contributed by atoms with Crippen LogP contribution in [-0.4, -0.2) is 31.7 Å². The fraction of sp³-hybridized carbons (Fsp3) is 0.364. The smallest absolute Gasteiger partial charge is 0.336 e. The minimum Gasteiger partial charge on any atom is -0.336 e. The molecule has 2 aromatic heterocycles. The highest BCUT2D eigenvalue weighted by molar-refractivity contribution is 7.10. The highest BCUT2D eigenvalue weighted by Gasteiger charge is 2.05. The monoisotopic (exact) mass is 294 g/mol. The Hall–Kier alpha value is -2.29. The lowest BCUT2D eigenvalue weighted by Crippen LogP contribution is -2.35. The molecule has 0 bridgehead atoms. The summed E-state index contributed by atoms with van der Waals surface area (Å²) in [6, 6.07) is 1.46. The molecule has 2 rings (SSSR count). The molecule has 0 saturated carbocycles. The Bertz CT molecular complexity index is 651. The Morgan fingerprint density at radius 2 is 2.25 bits per heavy atom. The number of anilines is 1. The van der Waals surface area contributed by atoms with Crippen LogP contribution in [0.15, 0.2) is 17.1 Å². The van der Waals surface area contributed by atoms with E-state index < -0.39 is 0 Å². The van der Waals surface area contributed by atoms with E-state index in [9.17, 15) is 9.59 Å². The van der Waals surface area contributed by atoms with Crippen LogP contribution in [0.4, 0.5) is 9.80 Å². The zero-order chi connectivity index (χ0) is 14.5. The predicted molar refractivity (Wildman–Crippen MR) is 74.9 cm³/mol. The summed E-state index contributed by atoms with van der Waals surface area (Å²) in [7, 11) is 0. The fourth-order valence-electron chi connectivity index (χ4n) is 1.71. The number of aryl methyl sites for hydroxylation is 2. The molecule has 0 saturated heterocycles. The Kier molecular flexibility index (Phi) is 4.41. The molecule has 8 nitrogen and oxygen atoms in total. The van der Waals surface area contributed by atoms with E-state index in [2.05, 4.69) is 25.2 Å². The van der Waals surface area contributed by atoms with E-state index in [0.717, 1.165) is 17.2 Å². The first kappa shape index (κ1) is 14.1. The van der Waals surface area contributed by atoms with Gasteiger partial charge in [-0.2, -0.15) is 4.98 Å². The van der Waals surface area contributed by atoms with Gasteiger partial charge in [-0.3, -0.25) is 9.88 Å². The summed E-state index contributed by atoms with van der Waals surface area (Å²) < 4.78 is 5.15. The van der Waals surface area contributed by atoms with Gasteiger partial charge in [-0.25, -0.2) is 9.59 Å². The van der Waals surface area contributed by atoms with Gasteiger partial charge in [0.2, 0.25) is 0 Å². The highest BCUT2D eigenvalue weighted by Crippen LogP contribution is 2.07. The summed E-state index contributed by atoms with van der Waals surface area (Å²) in [4.78, 5) is 27.1. The number of hydrogen-bond donors (Lipinski definition) is 2. The van der Waals surface area contributed by atoms with Gasteiger partial charge in [0.05, 0.1) is 6.20 Å². The standard InChI is InChI=1S/C11H14N6O2S/c1-7-5-8(2)17(11(19)14-7)4-3-12-10(18)15-9-6-13-16-20-9/h5-6H,3-4H2,1-2H3,(H2,12,15,18). The van der Waals surface area contributed by atoms with Crippen molar-refractivity contribution in [3.63, 3.8) is 0 Å². The molecule has 20 heavy (non-hydrogen) atoms. The SMILES string of the molecule is Cc1cc(C)n(CCNC(=O)Nc2cnns2)c(=O)n1. The van der Waals surface area contributed by atoms with Crippen molar-refractivity contribution >= 4 is 22.6 Å². The fourth-order valence-corrected chi connectivity index (χ4v) is 2.12. The van der Waals surface area contributed by atoms with E-state index in [-0.39, 0.29) is 11.7 Å². The van der Waals surface area contributed by atoms with Crippen LogP contribution < -0.4 is 16.3 Å². The van der Waals surface area contributed by atoms with Crippen LogP contribution in [0.25, 0.3) is 0 Å². The van der Waals surface area contributed by atoms with Crippen LogP contribution >= 0.6 is 11.5 Å². The third kappa shape index (κ3) is 3.60. The number of hydrogen-bond acceptors (Lipinski definition) is 6. The maximum atomic E-state index is 11.7. The van der Waals surface area contributed by atoms with Gasteiger partial charge in [0, 0.05) is 36.0 Å². The Balaban J connectivity index is 1.87. The molecule has 2 N–H and O–H groups in total. The number of carbonyl (C=O) groups is 1. The first-order valence-electron chi connectivity index (χ1n) is 5.93. The molecule has 106 valence electrons. The summed E-state index contributed by atoms with van der Waals surface area (Å²) in [5.74, 6) is 0. The molecular formula is C11H14N6O2S. The Morgan fingerprint density at radius 3 is 2.90 bits per heavy atom. The van der Waals surface area contributed by atoms with Gasteiger partial charge in [-0.05, 0) is 19.9 Å². The van der Waals surface area contributed by atoms with Gasteiger partial charge in [0.25, 0.3) is 0 Å². The first-order valence-corrected chi connectivity index (χ1v) is 6.71. The maximum Gasteiger partial charge on any atom is 0.348 e. The lowest BCUT2D eigenvalue weighted by Gasteiger charge is -2.10. The molecular weight excluding hydrogens is 280 g/mol. The molecule has 0 aliphatic rings. The average Bonchev–Trinajstić information content (AvgIpc) is 2.85. The van der Waals surface area contributed by atoms with Crippen molar-refractivity contribution in [1.82, 2.24) is 24.5 Å². The van der Waals surface area contributed by atoms with Crippen molar-refractivity contribution in [1.29, 1.82) is 0 Å². The second kappa shape index (κ2) is 6.24. The molecule has 2 amide bonds. The molecule has 0 radical (unpaired) electrons. The number of amides is 2. The number of aromatic nitrogens is 4. The third-order valence-electron chi connectivity index (χ3n) is 2.57. The number of rotatable bonds is 4. The molecule has 2 heterocycles. The van der Waals surface area contributed by atoms with E-state index in [1.54, 1.807) is 6.92 Å². The minimum absolute atomic E-state index is 0.309. The van der Waals surface area contributed by atoms with Crippen molar-refractivity contribution < 1.29 is 4.79 Å². The molecule has 0 aromatic carbocycles. The summed E-state index contributed by atoms with van der Waals surface area (Å²) in [5, 5.41) is 9.41. The number of carbonyl (C=O) groups excluding carboxylic acids is 1. The topological polar surface area (TPSA) is 102 Å². The largest absolute Gasteiger partial charge is 0.348 e. The van der Waals surface area contributed by atoms with Crippen molar-refractivity contribution in [2.45, 2.75) is 20.4 Å². The van der Waals surface area contributed by atoms with Crippen LogP contribution in [0.1, 0.15) is 11.4 Å². The molecule has 9 heteroatoms. The maximum absolute atomic E-state index is 11.7. The summed E-state index contributed by atoms with van der Waals surface area (Å²) >= 11 is 1.09. The minimum atomic E-state index is -0.359. The molecule has 0 atom stereocenters. The zero-order valence-corrected chi connectivity index (χ0v) is 11.9.